The maximum absolute atomic E-state index is 13.1. The van der Waals surface area contributed by atoms with E-state index in [4.69, 9.17) is 4.74 Å². The monoisotopic (exact) mass is 408 g/mol. The average Bonchev–Trinajstić information content (AvgIpc) is 2.62. The normalized spacial score (nSPS) is 12.2. The van der Waals surface area contributed by atoms with Gasteiger partial charge in [-0.15, -0.1) is 0 Å². The van der Waals surface area contributed by atoms with Gasteiger partial charge in [-0.25, -0.2) is 4.79 Å². The number of hydrogen-bond acceptors (Lipinski definition) is 7. The van der Waals surface area contributed by atoms with E-state index < -0.39 is 51.0 Å². The maximum atomic E-state index is 13.1. The van der Waals surface area contributed by atoms with Gasteiger partial charge in [0.1, 0.15) is 0 Å². The van der Waals surface area contributed by atoms with Crippen LogP contribution in [-0.4, -0.2) is 35.8 Å². The number of ether oxygens (including phenoxy) is 1. The van der Waals surface area contributed by atoms with Gasteiger partial charge in [0.25, 0.3) is 11.4 Å². The number of nitro benzene ring substituents is 2. The molecule has 1 amide bonds. The second kappa shape index (κ2) is 9.19. The first kappa shape index (κ1) is 22.9. The molecule has 1 unspecified atom stereocenters. The van der Waals surface area contributed by atoms with Crippen molar-refractivity contribution in [2.75, 3.05) is 18.5 Å². The highest BCUT2D eigenvalue weighted by molar-refractivity contribution is 5.77. The molecule has 0 aliphatic heterocycles. The molecule has 0 aliphatic rings. The van der Waals surface area contributed by atoms with Gasteiger partial charge in [-0.05, 0) is 6.42 Å². The summed E-state index contributed by atoms with van der Waals surface area (Å²) in [4.78, 5) is 33.3. The Labute approximate surface area is 157 Å². The van der Waals surface area contributed by atoms with Crippen LogP contribution in [0.5, 0.6) is 0 Å². The number of amides is 1. The molecule has 1 N–H and O–H groups in total. The van der Waals surface area contributed by atoms with Crippen LogP contribution in [0.3, 0.4) is 0 Å². The van der Waals surface area contributed by atoms with E-state index >= 15 is 0 Å². The van der Waals surface area contributed by atoms with Crippen LogP contribution < -0.4 is 10.2 Å². The molecule has 0 heterocycles. The van der Waals surface area contributed by atoms with Gasteiger partial charge in [0.15, 0.2) is 11.9 Å². The lowest BCUT2D eigenvalue weighted by Gasteiger charge is -2.31. The Morgan fingerprint density at radius 3 is 2.04 bits per heavy atom. The van der Waals surface area contributed by atoms with Gasteiger partial charge in [0, 0.05) is 32.1 Å². The summed E-state index contributed by atoms with van der Waals surface area (Å²) in [6.45, 7) is 3.17. The summed E-state index contributed by atoms with van der Waals surface area (Å²) in [6, 6.07) is 0.467. The van der Waals surface area contributed by atoms with Crippen LogP contribution in [0.15, 0.2) is 12.1 Å². The van der Waals surface area contributed by atoms with E-state index in [9.17, 15) is 38.2 Å². The van der Waals surface area contributed by atoms with Crippen molar-refractivity contribution in [1.82, 2.24) is 5.32 Å². The lowest BCUT2D eigenvalue weighted by Crippen LogP contribution is -2.41. The fourth-order valence-electron chi connectivity index (χ4n) is 2.53. The lowest BCUT2D eigenvalue weighted by atomic mass is 10.1. The number of nitrogens with zero attached hydrogens (tertiary/aromatic N) is 3. The summed E-state index contributed by atoms with van der Waals surface area (Å²) >= 11 is 0. The predicted octanol–water partition coefficient (Wildman–Crippen LogP) is 3.83. The third-order valence-corrected chi connectivity index (χ3v) is 3.69. The number of anilines is 1. The Morgan fingerprint density at radius 2 is 1.71 bits per heavy atom. The number of carbonyl (C=O) groups is 1. The van der Waals surface area contributed by atoms with E-state index in [1.807, 2.05) is 0 Å². The van der Waals surface area contributed by atoms with E-state index in [1.54, 1.807) is 13.8 Å². The summed E-state index contributed by atoms with van der Waals surface area (Å²) in [6.07, 6.45) is -6.70. The molecule has 0 aliphatic carbocycles. The van der Waals surface area contributed by atoms with Crippen molar-refractivity contribution in [3.63, 3.8) is 0 Å². The van der Waals surface area contributed by atoms with E-state index in [1.165, 1.54) is 7.05 Å². The molecular formula is C15H19F3N4O6. The Bertz CT molecular complexity index is 721. The molecule has 1 rings (SSSR count). The van der Waals surface area contributed by atoms with Crippen LogP contribution in [-0.2, 0) is 10.9 Å². The van der Waals surface area contributed by atoms with E-state index in [0.717, 1.165) is 4.90 Å². The van der Waals surface area contributed by atoms with E-state index in [-0.39, 0.29) is 25.1 Å². The van der Waals surface area contributed by atoms with Crippen LogP contribution in [0.4, 0.5) is 35.0 Å². The van der Waals surface area contributed by atoms with Crippen molar-refractivity contribution >= 4 is 23.2 Å². The minimum Gasteiger partial charge on any atom is -0.425 e. The highest BCUT2D eigenvalue weighted by Crippen LogP contribution is 2.44. The minimum atomic E-state index is -5.02. The molecule has 0 saturated heterocycles. The number of hydrogen-bond donors (Lipinski definition) is 1. The molecule has 0 saturated carbocycles. The first-order valence-electron chi connectivity index (χ1n) is 8.16. The lowest BCUT2D eigenvalue weighted by molar-refractivity contribution is -0.393. The van der Waals surface area contributed by atoms with E-state index in [2.05, 4.69) is 5.32 Å². The maximum Gasteiger partial charge on any atom is 0.416 e. The SMILES string of the molecule is CCCN(c1c([N+](=O)[O-])cc(C(F)(F)F)cc1[N+](=O)[O-])C(CC)OC(=O)NC. The number of benzene rings is 1. The molecule has 28 heavy (non-hydrogen) atoms. The molecule has 0 fully saturated rings. The first-order chi connectivity index (χ1) is 13.0. The quantitative estimate of drug-likeness (QED) is 0.393. The van der Waals surface area contributed by atoms with Gasteiger partial charge >= 0.3 is 12.3 Å². The molecule has 156 valence electrons. The van der Waals surface area contributed by atoms with Gasteiger partial charge in [-0.3, -0.25) is 20.2 Å². The first-order valence-corrected chi connectivity index (χ1v) is 8.16. The number of alkyl halides is 3. The number of nitrogens with one attached hydrogen (secondary N) is 1. The Hall–Kier alpha value is -3.12. The van der Waals surface area contributed by atoms with Crippen molar-refractivity contribution < 1.29 is 32.5 Å². The Balaban J connectivity index is 3.77. The van der Waals surface area contributed by atoms with Gasteiger partial charge < -0.3 is 15.0 Å². The third kappa shape index (κ3) is 5.20. The molecule has 0 aromatic heterocycles. The highest BCUT2D eigenvalue weighted by Gasteiger charge is 2.40. The Kier molecular flexibility index (Phi) is 7.52. The van der Waals surface area contributed by atoms with Crippen LogP contribution in [0.1, 0.15) is 32.3 Å². The third-order valence-electron chi connectivity index (χ3n) is 3.69. The standard InChI is InChI=1S/C15H19F3N4O6/c1-4-6-20(12(5-2)28-14(23)19-3)13-10(21(24)25)7-9(15(16,17)18)8-11(13)22(26)27/h7-8,12H,4-6H2,1-3H3,(H,19,23). The number of rotatable bonds is 8. The summed E-state index contributed by atoms with van der Waals surface area (Å²) in [5.41, 5.74) is -4.38. The highest BCUT2D eigenvalue weighted by atomic mass is 19.4. The molecule has 1 aromatic rings. The van der Waals surface area contributed by atoms with Crippen LogP contribution >= 0.6 is 0 Å². The molecule has 0 spiro atoms. The second-order valence-electron chi connectivity index (χ2n) is 5.59. The molecule has 1 atom stereocenters. The van der Waals surface area contributed by atoms with Gasteiger partial charge in [0.2, 0.25) is 0 Å². The number of nitro groups is 2. The van der Waals surface area contributed by atoms with Crippen molar-refractivity contribution in [3.05, 3.63) is 37.9 Å². The minimum absolute atomic E-state index is 0.0391. The van der Waals surface area contributed by atoms with Crippen LogP contribution in [0, 0.1) is 20.2 Å². The Morgan fingerprint density at radius 1 is 1.21 bits per heavy atom. The van der Waals surface area contributed by atoms with Gasteiger partial charge in [0.05, 0.1) is 15.4 Å². The van der Waals surface area contributed by atoms with Crippen molar-refractivity contribution in [1.29, 1.82) is 0 Å². The predicted molar refractivity (Wildman–Crippen MR) is 92.0 cm³/mol. The van der Waals surface area contributed by atoms with Crippen molar-refractivity contribution in [2.45, 2.75) is 39.1 Å². The largest absolute Gasteiger partial charge is 0.425 e. The summed E-state index contributed by atoms with van der Waals surface area (Å²) in [5, 5.41) is 25.1. The average molecular weight is 408 g/mol. The van der Waals surface area contributed by atoms with Crippen molar-refractivity contribution in [2.24, 2.45) is 0 Å². The number of alkyl carbamates (subject to hydrolysis) is 1. The van der Waals surface area contributed by atoms with Gasteiger partial charge in [-0.2, -0.15) is 13.2 Å². The van der Waals surface area contributed by atoms with Crippen LogP contribution in [0.25, 0.3) is 0 Å². The summed E-state index contributed by atoms with van der Waals surface area (Å²) in [7, 11) is 1.27. The fourth-order valence-corrected chi connectivity index (χ4v) is 2.53. The van der Waals surface area contributed by atoms with Crippen molar-refractivity contribution in [3.8, 4) is 0 Å². The number of halogens is 3. The fraction of sp³-hybridized carbons (Fsp3) is 0.533. The zero-order valence-corrected chi connectivity index (χ0v) is 15.3. The van der Waals surface area contributed by atoms with Crippen LogP contribution in [0.2, 0.25) is 0 Å². The summed E-state index contributed by atoms with van der Waals surface area (Å²) < 4.78 is 44.3. The zero-order valence-electron chi connectivity index (χ0n) is 15.3. The molecule has 13 heteroatoms. The molecule has 0 radical (unpaired) electrons. The summed E-state index contributed by atoms with van der Waals surface area (Å²) in [5.74, 6) is 0. The zero-order chi connectivity index (χ0) is 21.6. The molecular weight excluding hydrogens is 389 g/mol. The molecule has 1 aromatic carbocycles. The smallest absolute Gasteiger partial charge is 0.416 e. The number of carbonyl (C=O) groups excluding carboxylic acids is 1. The molecule has 10 nitrogen and oxygen atoms in total. The second-order valence-corrected chi connectivity index (χ2v) is 5.59. The van der Waals surface area contributed by atoms with E-state index in [0.29, 0.717) is 6.42 Å². The van der Waals surface area contributed by atoms with Gasteiger partial charge in [-0.1, -0.05) is 13.8 Å². The topological polar surface area (TPSA) is 128 Å². The molecule has 0 bridgehead atoms.